The van der Waals surface area contributed by atoms with E-state index in [9.17, 15) is 29.1 Å². The molecule has 1 N–H and O–H groups in total. The van der Waals surface area contributed by atoms with E-state index in [1.165, 1.54) is 13.1 Å². The molecule has 45 heavy (non-hydrogen) atoms. The summed E-state index contributed by atoms with van der Waals surface area (Å²) in [5.74, 6) is -5.32. The molecule has 7 rings (SSSR count). The van der Waals surface area contributed by atoms with Crippen LogP contribution in [0, 0.1) is 24.7 Å². The number of aromatic hydroxyl groups is 1. The second kappa shape index (κ2) is 10.1. The number of phenolic OH excluding ortho intramolecular Hbond substituents is 1. The molecule has 2 aliphatic heterocycles. The van der Waals surface area contributed by atoms with Gasteiger partial charge in [0.15, 0.2) is 15.5 Å². The van der Waals surface area contributed by atoms with Gasteiger partial charge >= 0.3 is 0 Å². The number of allylic oxidation sites excluding steroid dienone is 2. The number of ketones is 1. The summed E-state index contributed by atoms with van der Waals surface area (Å²) in [6.07, 6.45) is 1.99. The van der Waals surface area contributed by atoms with Gasteiger partial charge in [-0.05, 0) is 67.1 Å². The predicted octanol–water partition coefficient (Wildman–Crippen LogP) is 5.12. The van der Waals surface area contributed by atoms with Crippen molar-refractivity contribution in [3.63, 3.8) is 0 Å². The number of likely N-dealkylation sites (tertiary alicyclic amines) is 1. The molecular formula is C35H28Cl2N2O6. The van der Waals surface area contributed by atoms with Crippen LogP contribution in [0.5, 0.6) is 5.75 Å². The summed E-state index contributed by atoms with van der Waals surface area (Å²) in [7, 11) is 1.34. The molecule has 2 heterocycles. The van der Waals surface area contributed by atoms with E-state index < -0.39 is 51.1 Å². The van der Waals surface area contributed by atoms with Crippen LogP contribution in [0.3, 0.4) is 0 Å². The molecule has 3 aromatic rings. The molecule has 10 heteroatoms. The Labute approximate surface area is 269 Å². The summed E-state index contributed by atoms with van der Waals surface area (Å²) in [5.41, 5.74) is 3.07. The molecule has 0 bridgehead atoms. The average molecular weight is 644 g/mol. The number of nitrogens with zero attached hydrogens (tertiary/aromatic N) is 2. The van der Waals surface area contributed by atoms with Gasteiger partial charge in [-0.25, -0.2) is 0 Å². The van der Waals surface area contributed by atoms with Gasteiger partial charge < -0.3 is 5.11 Å². The number of phenols is 1. The third kappa shape index (κ3) is 3.95. The molecule has 3 aromatic carbocycles. The van der Waals surface area contributed by atoms with Crippen LogP contribution in [0.25, 0.3) is 0 Å². The van der Waals surface area contributed by atoms with E-state index in [0.29, 0.717) is 33.5 Å². The minimum Gasteiger partial charge on any atom is -0.508 e. The normalized spacial score (nSPS) is 30.6. The van der Waals surface area contributed by atoms with Crippen LogP contribution in [-0.4, -0.2) is 56.2 Å². The van der Waals surface area contributed by atoms with Crippen LogP contribution >= 0.6 is 23.2 Å². The van der Waals surface area contributed by atoms with Gasteiger partial charge in [0.2, 0.25) is 11.8 Å². The number of hydrogen-bond acceptors (Lipinski definition) is 6. The zero-order chi connectivity index (χ0) is 32.0. The van der Waals surface area contributed by atoms with Crippen molar-refractivity contribution in [1.29, 1.82) is 0 Å². The first-order valence-corrected chi connectivity index (χ1v) is 15.4. The van der Waals surface area contributed by atoms with E-state index in [2.05, 4.69) is 0 Å². The first-order valence-electron chi connectivity index (χ1n) is 14.7. The van der Waals surface area contributed by atoms with Gasteiger partial charge in [-0.2, -0.15) is 0 Å². The van der Waals surface area contributed by atoms with E-state index >= 15 is 0 Å². The number of alkyl halides is 2. The molecule has 0 radical (unpaired) electrons. The van der Waals surface area contributed by atoms with Crippen LogP contribution in [0.1, 0.15) is 45.8 Å². The molecule has 4 amide bonds. The van der Waals surface area contributed by atoms with E-state index in [4.69, 9.17) is 23.2 Å². The first kappa shape index (κ1) is 29.4. The second-order valence-electron chi connectivity index (χ2n) is 12.3. The fourth-order valence-corrected chi connectivity index (χ4v) is 8.77. The molecule has 2 saturated heterocycles. The molecule has 3 fully saturated rings. The third-order valence-corrected chi connectivity index (χ3v) is 11.4. The molecule has 0 aromatic heterocycles. The smallest absolute Gasteiger partial charge is 0.253 e. The van der Waals surface area contributed by atoms with E-state index in [1.807, 2.05) is 12.1 Å². The average Bonchev–Trinajstić information content (AvgIpc) is 3.37. The van der Waals surface area contributed by atoms with Gasteiger partial charge in [0.25, 0.3) is 11.8 Å². The van der Waals surface area contributed by atoms with Crippen LogP contribution in [-0.2, 0) is 19.2 Å². The molecule has 228 valence electrons. The summed E-state index contributed by atoms with van der Waals surface area (Å²) in [4.78, 5) is 66.6. The van der Waals surface area contributed by atoms with Crippen LogP contribution in [0.15, 0.2) is 84.4 Å². The maximum atomic E-state index is 14.2. The van der Waals surface area contributed by atoms with Gasteiger partial charge in [-0.1, -0.05) is 54.1 Å². The highest BCUT2D eigenvalue weighted by Crippen LogP contribution is 2.65. The van der Waals surface area contributed by atoms with Crippen molar-refractivity contribution in [3.8, 4) is 5.75 Å². The lowest BCUT2D eigenvalue weighted by molar-refractivity contribution is -0.138. The molecule has 0 spiro atoms. The number of anilines is 1. The number of fused-ring (bicyclic) bond motifs is 4. The molecule has 4 aliphatic rings. The summed E-state index contributed by atoms with van der Waals surface area (Å²) >= 11 is 14.4. The second-order valence-corrected chi connectivity index (χ2v) is 13.5. The third-order valence-electron chi connectivity index (χ3n) is 9.99. The molecule has 2 aliphatic carbocycles. The van der Waals surface area contributed by atoms with Crippen molar-refractivity contribution in [2.75, 3.05) is 11.9 Å². The Hall–Kier alpha value is -4.27. The molecule has 6 atom stereocenters. The maximum Gasteiger partial charge on any atom is 0.253 e. The van der Waals surface area contributed by atoms with Gasteiger partial charge in [-0.3, -0.25) is 33.8 Å². The zero-order valence-electron chi connectivity index (χ0n) is 24.4. The Morgan fingerprint density at radius 2 is 1.53 bits per heavy atom. The van der Waals surface area contributed by atoms with Crippen LogP contribution in [0.4, 0.5) is 5.69 Å². The van der Waals surface area contributed by atoms with E-state index in [-0.39, 0.29) is 30.3 Å². The topological polar surface area (TPSA) is 112 Å². The first-order chi connectivity index (χ1) is 21.4. The van der Waals surface area contributed by atoms with Crippen molar-refractivity contribution >= 4 is 58.3 Å². The zero-order valence-corrected chi connectivity index (χ0v) is 25.9. The number of carbonyl (C=O) groups excluding carboxylic acids is 5. The largest absolute Gasteiger partial charge is 0.508 e. The van der Waals surface area contributed by atoms with Crippen molar-refractivity contribution < 1.29 is 29.1 Å². The number of halogens is 2. The van der Waals surface area contributed by atoms with Crippen LogP contribution < -0.4 is 4.90 Å². The minimum absolute atomic E-state index is 0.0548. The lowest BCUT2D eigenvalue weighted by Crippen LogP contribution is -2.60. The predicted molar refractivity (Wildman–Crippen MR) is 167 cm³/mol. The number of imide groups is 2. The highest BCUT2D eigenvalue weighted by molar-refractivity contribution is 6.53. The Morgan fingerprint density at radius 3 is 2.20 bits per heavy atom. The van der Waals surface area contributed by atoms with E-state index in [1.54, 1.807) is 67.6 Å². The number of rotatable bonds is 4. The van der Waals surface area contributed by atoms with Gasteiger partial charge in [-0.15, -0.1) is 23.2 Å². The summed E-state index contributed by atoms with van der Waals surface area (Å²) in [6, 6.07) is 20.0. The number of benzene rings is 3. The highest BCUT2D eigenvalue weighted by atomic mass is 35.5. The lowest BCUT2D eigenvalue weighted by Gasteiger charge is -2.50. The summed E-state index contributed by atoms with van der Waals surface area (Å²) in [5, 5.41) is 10.2. The fraction of sp³-hybridized carbons (Fsp3) is 0.286. The Bertz CT molecular complexity index is 1860. The van der Waals surface area contributed by atoms with Gasteiger partial charge in [0.05, 0.1) is 17.5 Å². The molecular weight excluding hydrogens is 615 g/mol. The number of carbonyl (C=O) groups is 5. The molecule has 8 nitrogen and oxygen atoms in total. The number of hydrogen-bond donors (Lipinski definition) is 1. The summed E-state index contributed by atoms with van der Waals surface area (Å²) in [6.45, 7) is 1.71. The Balaban J connectivity index is 1.28. The Kier molecular flexibility index (Phi) is 6.62. The Morgan fingerprint density at radius 1 is 0.867 bits per heavy atom. The van der Waals surface area contributed by atoms with Gasteiger partial charge in [0.1, 0.15) is 5.75 Å². The number of aryl methyl sites for hydroxylation is 1. The number of amides is 4. The quantitative estimate of drug-likeness (QED) is 0.183. The van der Waals surface area contributed by atoms with Crippen LogP contribution in [0.2, 0.25) is 0 Å². The van der Waals surface area contributed by atoms with Gasteiger partial charge in [0, 0.05) is 24.1 Å². The highest BCUT2D eigenvalue weighted by Gasteiger charge is 2.75. The summed E-state index contributed by atoms with van der Waals surface area (Å²) < 4.78 is 0. The van der Waals surface area contributed by atoms with Crippen molar-refractivity contribution in [3.05, 3.63) is 107 Å². The van der Waals surface area contributed by atoms with E-state index in [0.717, 1.165) is 9.80 Å². The lowest BCUT2D eigenvalue weighted by atomic mass is 9.56. The monoisotopic (exact) mass is 642 g/mol. The standard InChI is InChI=1S/C35H28Cl2N2O6/c1-18-16-21(10-15-26(18)40)28-23-13-14-24-27(25(23)17-34(36)32(44)38(2)33(45)35(28,34)37)31(43)39(30(24)42)22-11-8-20(9-12-22)29(41)19-6-4-3-5-7-19/h3-13,15-16,24-25,27-28,40H,14,17H2,1-2H3/t24-,25+,27-,28-,34+,35-/m0/s1. The van der Waals surface area contributed by atoms with Crippen molar-refractivity contribution in [2.45, 2.75) is 35.4 Å². The minimum atomic E-state index is -1.88. The molecule has 1 saturated carbocycles. The molecule has 0 unspecified atom stereocenters. The van der Waals surface area contributed by atoms with Crippen molar-refractivity contribution in [1.82, 2.24) is 4.90 Å². The fourth-order valence-electron chi connectivity index (χ4n) is 7.75. The SMILES string of the molecule is Cc1cc([C@H]2C3=CC[C@@H]4C(=O)N(c5ccc(C(=O)c6ccccc6)cc5)C(=O)[C@@H]4[C@@H]3C[C@@]3(Cl)C(=O)N(C)C(=O)[C@@]23Cl)ccc1O. The van der Waals surface area contributed by atoms with Crippen molar-refractivity contribution in [2.24, 2.45) is 17.8 Å². The maximum absolute atomic E-state index is 14.2.